The van der Waals surface area contributed by atoms with E-state index in [1.807, 2.05) is 30.3 Å². The predicted octanol–water partition coefficient (Wildman–Crippen LogP) is 4.22. The number of nitrogens with one attached hydrogen (secondary N) is 1. The molecule has 23 heavy (non-hydrogen) atoms. The highest BCUT2D eigenvalue weighted by Crippen LogP contribution is 2.29. The number of halogens is 2. The molecule has 1 amide bonds. The zero-order chi connectivity index (χ0) is 16.2. The van der Waals surface area contributed by atoms with E-state index in [1.54, 1.807) is 18.2 Å². The molecule has 0 saturated carbocycles. The molecule has 1 N–H and O–H groups in total. The van der Waals surface area contributed by atoms with E-state index in [0.717, 1.165) is 5.56 Å². The lowest BCUT2D eigenvalue weighted by Crippen LogP contribution is -2.12. The lowest BCUT2D eigenvalue weighted by Gasteiger charge is -2.05. The van der Waals surface area contributed by atoms with Crippen molar-refractivity contribution in [2.75, 3.05) is 5.32 Å². The van der Waals surface area contributed by atoms with Gasteiger partial charge in [0, 0.05) is 0 Å². The maximum atomic E-state index is 12.1. The van der Waals surface area contributed by atoms with E-state index in [1.165, 1.54) is 0 Å². The normalized spacial score (nSPS) is 10.5. The van der Waals surface area contributed by atoms with Gasteiger partial charge in [-0.3, -0.25) is 4.79 Å². The van der Waals surface area contributed by atoms with Crippen LogP contribution >= 0.6 is 23.2 Å². The van der Waals surface area contributed by atoms with Crippen LogP contribution in [0.3, 0.4) is 0 Å². The summed E-state index contributed by atoms with van der Waals surface area (Å²) in [6.45, 7) is 0. The van der Waals surface area contributed by atoms with Crippen LogP contribution in [0.1, 0.15) is 22.1 Å². The van der Waals surface area contributed by atoms with Crippen molar-refractivity contribution in [1.29, 1.82) is 0 Å². The van der Waals surface area contributed by atoms with Gasteiger partial charge in [-0.05, 0) is 17.7 Å². The highest BCUT2D eigenvalue weighted by molar-refractivity contribution is 6.44. The minimum Gasteiger partial charge on any atom is -0.417 e. The number of aromatic nitrogens is 2. The quantitative estimate of drug-likeness (QED) is 0.767. The molecule has 3 rings (SSSR count). The predicted molar refractivity (Wildman–Crippen MR) is 88.0 cm³/mol. The molecule has 0 radical (unpaired) electrons. The van der Waals surface area contributed by atoms with Crippen molar-refractivity contribution in [3.05, 3.63) is 75.9 Å². The zero-order valence-corrected chi connectivity index (χ0v) is 13.3. The fourth-order valence-electron chi connectivity index (χ4n) is 1.96. The van der Waals surface area contributed by atoms with Crippen molar-refractivity contribution >= 4 is 34.8 Å². The highest BCUT2D eigenvalue weighted by atomic mass is 35.5. The van der Waals surface area contributed by atoms with Gasteiger partial charge in [0.15, 0.2) is 0 Å². The van der Waals surface area contributed by atoms with Gasteiger partial charge in [-0.2, -0.15) is 0 Å². The van der Waals surface area contributed by atoms with Crippen molar-refractivity contribution in [3.8, 4) is 0 Å². The Hall–Kier alpha value is -2.37. The van der Waals surface area contributed by atoms with Gasteiger partial charge in [0.25, 0.3) is 0 Å². The maximum absolute atomic E-state index is 12.1. The average Bonchev–Trinajstić information content (AvgIpc) is 3.01. The number of benzene rings is 2. The average molecular weight is 348 g/mol. The first-order chi connectivity index (χ1) is 11.1. The van der Waals surface area contributed by atoms with E-state index in [2.05, 4.69) is 15.5 Å². The fourth-order valence-corrected chi connectivity index (χ4v) is 2.31. The minimum atomic E-state index is -0.541. The summed E-state index contributed by atoms with van der Waals surface area (Å²) in [4.78, 5) is 12.1. The molecule has 5 nitrogen and oxygen atoms in total. The number of nitrogens with zero attached hydrogens (tertiary/aromatic N) is 2. The van der Waals surface area contributed by atoms with Gasteiger partial charge in [0.2, 0.25) is 5.89 Å². The third-order valence-electron chi connectivity index (χ3n) is 3.06. The monoisotopic (exact) mass is 347 g/mol. The summed E-state index contributed by atoms with van der Waals surface area (Å²) in [5, 5.41) is 10.8. The topological polar surface area (TPSA) is 68.0 Å². The van der Waals surface area contributed by atoms with Gasteiger partial charge in [-0.25, -0.2) is 0 Å². The molecule has 1 heterocycles. The smallest absolute Gasteiger partial charge is 0.313 e. The first-order valence-electron chi connectivity index (χ1n) is 6.75. The Bertz CT molecular complexity index is 834. The number of hydrogen-bond acceptors (Lipinski definition) is 4. The van der Waals surface area contributed by atoms with Crippen molar-refractivity contribution in [3.63, 3.8) is 0 Å². The third-order valence-corrected chi connectivity index (χ3v) is 3.88. The fraction of sp³-hybridized carbons (Fsp3) is 0.0625. The summed E-state index contributed by atoms with van der Waals surface area (Å²) in [6.07, 6.45) is 0.457. The van der Waals surface area contributed by atoms with Gasteiger partial charge in [0.1, 0.15) is 0 Å². The number of carbonyl (C=O) groups excluding carboxylic acids is 1. The van der Waals surface area contributed by atoms with Crippen LogP contribution in [0, 0.1) is 0 Å². The van der Waals surface area contributed by atoms with Crippen LogP contribution in [0.15, 0.2) is 52.9 Å². The van der Waals surface area contributed by atoms with Crippen LogP contribution in [-0.4, -0.2) is 16.1 Å². The lowest BCUT2D eigenvalue weighted by molar-refractivity contribution is 0.0988. The summed E-state index contributed by atoms with van der Waals surface area (Å²) in [6, 6.07) is 14.6. The van der Waals surface area contributed by atoms with E-state index in [0.29, 0.717) is 23.0 Å². The molecule has 0 unspecified atom stereocenters. The van der Waals surface area contributed by atoms with E-state index >= 15 is 0 Å². The van der Waals surface area contributed by atoms with Crippen LogP contribution < -0.4 is 5.32 Å². The Morgan fingerprint density at radius 1 is 1.04 bits per heavy atom. The second kappa shape index (κ2) is 6.81. The second-order valence-electron chi connectivity index (χ2n) is 4.72. The summed E-state index contributed by atoms with van der Waals surface area (Å²) >= 11 is 11.9. The molecule has 0 spiro atoms. The molecular weight excluding hydrogens is 337 g/mol. The van der Waals surface area contributed by atoms with E-state index < -0.39 is 5.91 Å². The molecule has 0 atom stereocenters. The number of anilines is 1. The third kappa shape index (κ3) is 3.70. The zero-order valence-electron chi connectivity index (χ0n) is 11.8. The van der Waals surface area contributed by atoms with Crippen molar-refractivity contribution in [2.24, 2.45) is 0 Å². The number of carbonyl (C=O) groups is 1. The summed E-state index contributed by atoms with van der Waals surface area (Å²) in [5.74, 6) is -0.313. The summed E-state index contributed by atoms with van der Waals surface area (Å²) < 4.78 is 5.38. The Morgan fingerprint density at radius 3 is 2.61 bits per heavy atom. The second-order valence-corrected chi connectivity index (χ2v) is 5.50. The first-order valence-corrected chi connectivity index (χ1v) is 7.51. The Morgan fingerprint density at radius 2 is 1.83 bits per heavy atom. The maximum Gasteiger partial charge on any atom is 0.313 e. The molecule has 2 aromatic carbocycles. The molecule has 0 aliphatic rings. The van der Waals surface area contributed by atoms with Gasteiger partial charge < -0.3 is 9.73 Å². The SMILES string of the molecule is O=C(Nc1cccc(Cl)c1Cl)c1nnc(Cc2ccccc2)o1. The van der Waals surface area contributed by atoms with E-state index in [9.17, 15) is 4.79 Å². The molecule has 0 aliphatic heterocycles. The lowest BCUT2D eigenvalue weighted by atomic mass is 10.2. The first kappa shape index (κ1) is 15.5. The van der Waals surface area contributed by atoms with Crippen LogP contribution in [-0.2, 0) is 6.42 Å². The molecular formula is C16H11Cl2N3O2. The van der Waals surface area contributed by atoms with Gasteiger partial charge >= 0.3 is 11.8 Å². The summed E-state index contributed by atoms with van der Waals surface area (Å²) in [5.41, 5.74) is 1.40. The van der Waals surface area contributed by atoms with Gasteiger partial charge in [-0.15, -0.1) is 10.2 Å². The molecule has 7 heteroatoms. The van der Waals surface area contributed by atoms with Gasteiger partial charge in [0.05, 0.1) is 22.2 Å². The number of amides is 1. The van der Waals surface area contributed by atoms with Crippen LogP contribution in [0.25, 0.3) is 0 Å². The van der Waals surface area contributed by atoms with Crippen LogP contribution in [0.2, 0.25) is 10.0 Å². The molecule has 0 bridgehead atoms. The Labute approximate surface area is 142 Å². The molecule has 3 aromatic rings. The standard InChI is InChI=1S/C16H11Cl2N3O2/c17-11-7-4-8-12(14(11)18)19-15(22)16-21-20-13(23-16)9-10-5-2-1-3-6-10/h1-8H,9H2,(H,19,22). The van der Waals surface area contributed by atoms with Crippen LogP contribution in [0.4, 0.5) is 5.69 Å². The van der Waals surface area contributed by atoms with Crippen molar-refractivity contribution in [1.82, 2.24) is 10.2 Å². The molecule has 0 fully saturated rings. The molecule has 116 valence electrons. The molecule has 0 aliphatic carbocycles. The number of hydrogen-bond donors (Lipinski definition) is 1. The number of rotatable bonds is 4. The molecule has 1 aromatic heterocycles. The summed E-state index contributed by atoms with van der Waals surface area (Å²) in [7, 11) is 0. The Kier molecular flexibility index (Phi) is 4.60. The van der Waals surface area contributed by atoms with Gasteiger partial charge in [-0.1, -0.05) is 59.6 Å². The highest BCUT2D eigenvalue weighted by Gasteiger charge is 2.17. The van der Waals surface area contributed by atoms with Crippen molar-refractivity contribution in [2.45, 2.75) is 6.42 Å². The largest absolute Gasteiger partial charge is 0.417 e. The van der Waals surface area contributed by atoms with Crippen molar-refractivity contribution < 1.29 is 9.21 Å². The van der Waals surface area contributed by atoms with E-state index in [4.69, 9.17) is 27.6 Å². The molecule has 0 saturated heterocycles. The van der Waals surface area contributed by atoms with E-state index in [-0.39, 0.29) is 10.9 Å². The van der Waals surface area contributed by atoms with Crippen LogP contribution in [0.5, 0.6) is 0 Å². The Balaban J connectivity index is 1.72. The minimum absolute atomic E-state index is 0.132.